The van der Waals surface area contributed by atoms with Crippen molar-refractivity contribution in [3.63, 3.8) is 0 Å². The summed E-state index contributed by atoms with van der Waals surface area (Å²) in [5.74, 6) is 5.97. The lowest BCUT2D eigenvalue weighted by Gasteiger charge is -2.04. The third-order valence-electron chi connectivity index (χ3n) is 2.22. The van der Waals surface area contributed by atoms with Gasteiger partial charge in [-0.1, -0.05) is 12.1 Å². The van der Waals surface area contributed by atoms with Crippen molar-refractivity contribution in [3.05, 3.63) is 29.3 Å². The van der Waals surface area contributed by atoms with Gasteiger partial charge in [-0.2, -0.15) is 0 Å². The van der Waals surface area contributed by atoms with Crippen LogP contribution in [0.15, 0.2) is 18.2 Å². The van der Waals surface area contributed by atoms with Crippen molar-refractivity contribution in [2.24, 2.45) is 5.90 Å². The molecule has 0 saturated heterocycles. The molecule has 1 aliphatic rings. The molecule has 2 N–H and O–H groups in total. The lowest BCUT2D eigenvalue weighted by atomic mass is 10.1. The molecule has 70 valence electrons. The van der Waals surface area contributed by atoms with Crippen LogP contribution in [0.5, 0.6) is 5.75 Å². The van der Waals surface area contributed by atoms with Gasteiger partial charge in [0.2, 0.25) is 0 Å². The maximum atomic E-state index is 5.60. The summed E-state index contributed by atoms with van der Waals surface area (Å²) in [4.78, 5) is 4.56. The van der Waals surface area contributed by atoms with Crippen LogP contribution in [0.25, 0.3) is 0 Å². The summed E-state index contributed by atoms with van der Waals surface area (Å²) in [6.07, 6.45) is 1.29. The molecule has 1 heterocycles. The summed E-state index contributed by atoms with van der Waals surface area (Å²) in [7, 11) is 0. The summed E-state index contributed by atoms with van der Waals surface area (Å²) in [6.45, 7) is 2.50. The highest BCUT2D eigenvalue weighted by Gasteiger charge is 2.18. The zero-order valence-electron chi connectivity index (χ0n) is 7.62. The van der Waals surface area contributed by atoms with E-state index in [9.17, 15) is 0 Å². The van der Waals surface area contributed by atoms with Crippen LogP contribution in [-0.4, -0.2) is 6.10 Å². The minimum Gasteiger partial charge on any atom is -0.490 e. The fraction of sp³-hybridized carbons (Fsp3) is 0.400. The first kappa shape index (κ1) is 8.53. The highest BCUT2D eigenvalue weighted by molar-refractivity contribution is 5.40. The zero-order chi connectivity index (χ0) is 9.26. The second-order valence-electron chi connectivity index (χ2n) is 3.39. The lowest BCUT2D eigenvalue weighted by molar-refractivity contribution is 0.124. The number of benzene rings is 1. The molecule has 13 heavy (non-hydrogen) atoms. The minimum absolute atomic E-state index is 0.295. The molecular weight excluding hydrogens is 166 g/mol. The van der Waals surface area contributed by atoms with E-state index in [4.69, 9.17) is 10.6 Å². The quantitative estimate of drug-likeness (QED) is 0.698. The third kappa shape index (κ3) is 1.66. The van der Waals surface area contributed by atoms with Crippen LogP contribution in [0.1, 0.15) is 18.1 Å². The van der Waals surface area contributed by atoms with E-state index in [1.165, 1.54) is 5.56 Å². The molecule has 0 spiro atoms. The first-order valence-electron chi connectivity index (χ1n) is 4.39. The molecule has 3 nitrogen and oxygen atoms in total. The predicted octanol–water partition coefficient (Wildman–Crippen LogP) is 1.40. The number of rotatable bonds is 2. The Kier molecular flexibility index (Phi) is 2.20. The molecule has 2 rings (SSSR count). The van der Waals surface area contributed by atoms with Gasteiger partial charge < -0.3 is 4.74 Å². The SMILES string of the molecule is CC1Cc2ccc(CON)cc2O1. The van der Waals surface area contributed by atoms with Crippen LogP contribution >= 0.6 is 0 Å². The smallest absolute Gasteiger partial charge is 0.123 e. The average molecular weight is 179 g/mol. The van der Waals surface area contributed by atoms with Crippen LogP contribution in [0, 0.1) is 0 Å². The van der Waals surface area contributed by atoms with Gasteiger partial charge in [0.05, 0.1) is 6.61 Å². The van der Waals surface area contributed by atoms with Crippen molar-refractivity contribution in [3.8, 4) is 5.75 Å². The topological polar surface area (TPSA) is 44.5 Å². The van der Waals surface area contributed by atoms with E-state index in [-0.39, 0.29) is 0 Å². The monoisotopic (exact) mass is 179 g/mol. The van der Waals surface area contributed by atoms with Crippen LogP contribution in [0.2, 0.25) is 0 Å². The Morgan fingerprint density at radius 1 is 1.62 bits per heavy atom. The third-order valence-corrected chi connectivity index (χ3v) is 2.22. The molecule has 0 bridgehead atoms. The maximum Gasteiger partial charge on any atom is 0.123 e. The van der Waals surface area contributed by atoms with Gasteiger partial charge in [0, 0.05) is 6.42 Å². The van der Waals surface area contributed by atoms with Gasteiger partial charge in [0.25, 0.3) is 0 Å². The Labute approximate surface area is 77.4 Å². The molecule has 1 atom stereocenters. The molecular formula is C10H13NO2. The van der Waals surface area contributed by atoms with Crippen molar-refractivity contribution >= 4 is 0 Å². The summed E-state index contributed by atoms with van der Waals surface area (Å²) in [5, 5.41) is 0. The Morgan fingerprint density at radius 2 is 2.46 bits per heavy atom. The Hall–Kier alpha value is -1.06. The summed E-state index contributed by atoms with van der Waals surface area (Å²) in [6, 6.07) is 6.09. The maximum absolute atomic E-state index is 5.60. The van der Waals surface area contributed by atoms with Gasteiger partial charge in [0.1, 0.15) is 11.9 Å². The molecule has 3 heteroatoms. The Bertz CT molecular complexity index is 312. The van der Waals surface area contributed by atoms with Crippen molar-refractivity contribution in [1.82, 2.24) is 0 Å². The molecule has 0 fully saturated rings. The van der Waals surface area contributed by atoms with Gasteiger partial charge >= 0.3 is 0 Å². The summed E-state index contributed by atoms with van der Waals surface area (Å²) in [5.41, 5.74) is 2.32. The van der Waals surface area contributed by atoms with Gasteiger partial charge in [-0.25, -0.2) is 5.90 Å². The van der Waals surface area contributed by atoms with E-state index in [2.05, 4.69) is 17.8 Å². The van der Waals surface area contributed by atoms with Crippen molar-refractivity contribution < 1.29 is 9.57 Å². The molecule has 0 saturated carbocycles. The predicted molar refractivity (Wildman–Crippen MR) is 49.2 cm³/mol. The number of hydrogen-bond donors (Lipinski definition) is 1. The van der Waals surface area contributed by atoms with Crippen molar-refractivity contribution in [2.75, 3.05) is 0 Å². The van der Waals surface area contributed by atoms with E-state index >= 15 is 0 Å². The van der Waals surface area contributed by atoms with Crippen LogP contribution in [0.4, 0.5) is 0 Å². The molecule has 1 aromatic rings. The molecule has 1 unspecified atom stereocenters. The van der Waals surface area contributed by atoms with E-state index < -0.39 is 0 Å². The molecule has 0 radical (unpaired) electrons. The fourth-order valence-electron chi connectivity index (χ4n) is 1.63. The second kappa shape index (κ2) is 3.36. The van der Waals surface area contributed by atoms with Crippen molar-refractivity contribution in [1.29, 1.82) is 0 Å². The number of nitrogens with two attached hydrogens (primary N) is 1. The second-order valence-corrected chi connectivity index (χ2v) is 3.39. The minimum atomic E-state index is 0.295. The van der Waals surface area contributed by atoms with E-state index in [0.717, 1.165) is 17.7 Å². The molecule has 0 aliphatic carbocycles. The van der Waals surface area contributed by atoms with E-state index in [0.29, 0.717) is 12.7 Å². The van der Waals surface area contributed by atoms with Crippen LogP contribution in [0.3, 0.4) is 0 Å². The standard InChI is InChI=1S/C10H13NO2/c1-7-4-9-3-2-8(6-12-11)5-10(9)13-7/h2-3,5,7H,4,6,11H2,1H3. The number of ether oxygens (including phenoxy) is 1. The Balaban J connectivity index is 2.24. The van der Waals surface area contributed by atoms with Crippen LogP contribution < -0.4 is 10.6 Å². The Morgan fingerprint density at radius 3 is 3.23 bits per heavy atom. The first-order valence-corrected chi connectivity index (χ1v) is 4.39. The first-order chi connectivity index (χ1) is 6.29. The number of hydrogen-bond acceptors (Lipinski definition) is 3. The normalized spacial score (nSPS) is 19.7. The highest BCUT2D eigenvalue weighted by atomic mass is 16.6. The molecule has 1 aromatic carbocycles. The van der Waals surface area contributed by atoms with Gasteiger partial charge in [-0.15, -0.1) is 0 Å². The number of fused-ring (bicyclic) bond motifs is 1. The summed E-state index contributed by atoms with van der Waals surface area (Å²) < 4.78 is 5.60. The van der Waals surface area contributed by atoms with Gasteiger partial charge in [-0.3, -0.25) is 4.84 Å². The lowest BCUT2D eigenvalue weighted by Crippen LogP contribution is -2.05. The highest BCUT2D eigenvalue weighted by Crippen LogP contribution is 2.29. The van der Waals surface area contributed by atoms with Gasteiger partial charge in [-0.05, 0) is 24.1 Å². The van der Waals surface area contributed by atoms with E-state index in [1.807, 2.05) is 12.1 Å². The molecule has 0 amide bonds. The average Bonchev–Trinajstić information content (AvgIpc) is 2.44. The van der Waals surface area contributed by atoms with Crippen LogP contribution in [-0.2, 0) is 17.9 Å². The zero-order valence-corrected chi connectivity index (χ0v) is 7.62. The summed E-state index contributed by atoms with van der Waals surface area (Å²) >= 11 is 0. The van der Waals surface area contributed by atoms with Crippen molar-refractivity contribution in [2.45, 2.75) is 26.1 Å². The van der Waals surface area contributed by atoms with Gasteiger partial charge in [0.15, 0.2) is 0 Å². The molecule has 1 aliphatic heterocycles. The molecule has 0 aromatic heterocycles. The largest absolute Gasteiger partial charge is 0.490 e. The fourth-order valence-corrected chi connectivity index (χ4v) is 1.63. The van der Waals surface area contributed by atoms with E-state index in [1.54, 1.807) is 0 Å².